The molecule has 1 aromatic carbocycles. The Morgan fingerprint density at radius 1 is 1.47 bits per heavy atom. The summed E-state index contributed by atoms with van der Waals surface area (Å²) in [4.78, 5) is 11.7. The molecule has 94 valence electrons. The number of aryl methyl sites for hydroxylation is 1. The van der Waals surface area contributed by atoms with Gasteiger partial charge in [0.05, 0.1) is 7.11 Å². The number of nitrogens with one attached hydrogen (secondary N) is 1. The van der Waals surface area contributed by atoms with E-state index in [-0.39, 0.29) is 12.3 Å². The van der Waals surface area contributed by atoms with Crippen molar-refractivity contribution in [1.82, 2.24) is 0 Å². The molecule has 0 spiro atoms. The molecule has 4 nitrogen and oxygen atoms in total. The van der Waals surface area contributed by atoms with Gasteiger partial charge in [0.15, 0.2) is 0 Å². The smallest absolute Gasteiger partial charge is 0.226 e. The van der Waals surface area contributed by atoms with Crippen molar-refractivity contribution in [1.29, 1.82) is 0 Å². The summed E-state index contributed by atoms with van der Waals surface area (Å²) >= 11 is 0. The maximum atomic E-state index is 11.7. The topological polar surface area (TPSA) is 64.3 Å². The van der Waals surface area contributed by atoms with E-state index in [1.807, 2.05) is 39.0 Å². The van der Waals surface area contributed by atoms with Gasteiger partial charge in [-0.1, -0.05) is 0 Å². The highest BCUT2D eigenvalue weighted by Gasteiger charge is 2.16. The summed E-state index contributed by atoms with van der Waals surface area (Å²) in [5.41, 5.74) is 7.04. The molecule has 0 saturated carbocycles. The van der Waals surface area contributed by atoms with Crippen LogP contribution in [0.1, 0.15) is 25.8 Å². The number of ether oxygens (including phenoxy) is 1. The Balaban J connectivity index is 2.69. The van der Waals surface area contributed by atoms with Crippen LogP contribution in [0.2, 0.25) is 0 Å². The molecule has 0 aliphatic carbocycles. The van der Waals surface area contributed by atoms with Crippen molar-refractivity contribution < 1.29 is 9.53 Å². The third kappa shape index (κ3) is 4.44. The molecule has 0 heterocycles. The number of rotatable bonds is 4. The van der Waals surface area contributed by atoms with Gasteiger partial charge in [0, 0.05) is 17.6 Å². The fourth-order valence-electron chi connectivity index (χ4n) is 1.58. The van der Waals surface area contributed by atoms with Crippen LogP contribution in [-0.4, -0.2) is 18.6 Å². The lowest BCUT2D eigenvalue weighted by molar-refractivity contribution is -0.117. The quantitative estimate of drug-likeness (QED) is 0.841. The van der Waals surface area contributed by atoms with E-state index in [1.54, 1.807) is 7.11 Å². The third-order valence-electron chi connectivity index (χ3n) is 2.29. The normalized spacial score (nSPS) is 11.1. The molecule has 0 unspecified atom stereocenters. The lowest BCUT2D eigenvalue weighted by Crippen LogP contribution is -2.36. The first kappa shape index (κ1) is 13.5. The van der Waals surface area contributed by atoms with Crippen LogP contribution in [0.3, 0.4) is 0 Å². The van der Waals surface area contributed by atoms with Gasteiger partial charge in [-0.25, -0.2) is 0 Å². The number of methoxy groups -OCH3 is 1. The van der Waals surface area contributed by atoms with E-state index in [4.69, 9.17) is 10.5 Å². The average molecular weight is 236 g/mol. The number of amides is 1. The Bertz CT molecular complexity index is 408. The molecule has 4 heteroatoms. The number of carbonyl (C=O) groups is 1. The predicted molar refractivity (Wildman–Crippen MR) is 69.2 cm³/mol. The fraction of sp³-hybridized carbons (Fsp3) is 0.462. The van der Waals surface area contributed by atoms with Gasteiger partial charge in [0.2, 0.25) is 5.91 Å². The molecule has 1 amide bonds. The summed E-state index contributed by atoms with van der Waals surface area (Å²) in [5.74, 6) is 0.726. The molecule has 0 bridgehead atoms. The van der Waals surface area contributed by atoms with Crippen molar-refractivity contribution >= 4 is 11.6 Å². The molecule has 0 fully saturated rings. The second kappa shape index (κ2) is 5.19. The van der Waals surface area contributed by atoms with Gasteiger partial charge in [-0.05, 0) is 44.5 Å². The van der Waals surface area contributed by atoms with Crippen molar-refractivity contribution in [2.24, 2.45) is 5.73 Å². The number of anilines is 1. The SMILES string of the molecule is COc1ccc(NC(=O)CC(C)(C)N)cc1C. The summed E-state index contributed by atoms with van der Waals surface area (Å²) < 4.78 is 5.15. The molecule has 0 atom stereocenters. The van der Waals surface area contributed by atoms with Crippen molar-refractivity contribution in [3.8, 4) is 5.75 Å². The number of benzene rings is 1. The summed E-state index contributed by atoms with van der Waals surface area (Å²) in [5, 5.41) is 2.82. The second-order valence-electron chi connectivity index (χ2n) is 4.90. The highest BCUT2D eigenvalue weighted by molar-refractivity contribution is 5.91. The number of hydrogen-bond donors (Lipinski definition) is 2. The Hall–Kier alpha value is -1.55. The van der Waals surface area contributed by atoms with Gasteiger partial charge >= 0.3 is 0 Å². The van der Waals surface area contributed by atoms with Crippen molar-refractivity contribution in [2.75, 3.05) is 12.4 Å². The van der Waals surface area contributed by atoms with E-state index >= 15 is 0 Å². The number of hydrogen-bond acceptors (Lipinski definition) is 3. The Morgan fingerprint density at radius 3 is 2.59 bits per heavy atom. The molecule has 3 N–H and O–H groups in total. The lowest BCUT2D eigenvalue weighted by atomic mass is 10.0. The van der Waals surface area contributed by atoms with Gasteiger partial charge in [-0.2, -0.15) is 0 Å². The first-order valence-electron chi connectivity index (χ1n) is 5.55. The lowest BCUT2D eigenvalue weighted by Gasteiger charge is -2.17. The minimum atomic E-state index is -0.494. The molecular weight excluding hydrogens is 216 g/mol. The van der Waals surface area contributed by atoms with Crippen molar-refractivity contribution in [3.63, 3.8) is 0 Å². The van der Waals surface area contributed by atoms with Crippen LogP contribution < -0.4 is 15.8 Å². The van der Waals surface area contributed by atoms with Crippen molar-refractivity contribution in [3.05, 3.63) is 23.8 Å². The van der Waals surface area contributed by atoms with Crippen LogP contribution in [0.25, 0.3) is 0 Å². The summed E-state index contributed by atoms with van der Waals surface area (Å²) in [7, 11) is 1.62. The Labute approximate surface area is 102 Å². The minimum Gasteiger partial charge on any atom is -0.496 e. The molecule has 17 heavy (non-hydrogen) atoms. The number of nitrogens with two attached hydrogens (primary N) is 1. The Morgan fingerprint density at radius 2 is 2.12 bits per heavy atom. The number of carbonyl (C=O) groups excluding carboxylic acids is 1. The minimum absolute atomic E-state index is 0.0814. The third-order valence-corrected chi connectivity index (χ3v) is 2.29. The highest BCUT2D eigenvalue weighted by Crippen LogP contribution is 2.21. The van der Waals surface area contributed by atoms with Gasteiger partial charge < -0.3 is 15.8 Å². The predicted octanol–water partition coefficient (Wildman–Crippen LogP) is 2.07. The molecular formula is C13H20N2O2. The zero-order chi connectivity index (χ0) is 13.1. The first-order chi connectivity index (χ1) is 7.81. The largest absolute Gasteiger partial charge is 0.496 e. The second-order valence-corrected chi connectivity index (χ2v) is 4.90. The molecule has 0 aromatic heterocycles. The molecule has 1 rings (SSSR count). The maximum Gasteiger partial charge on any atom is 0.226 e. The average Bonchev–Trinajstić information content (AvgIpc) is 2.14. The zero-order valence-electron chi connectivity index (χ0n) is 10.8. The maximum absolute atomic E-state index is 11.7. The first-order valence-corrected chi connectivity index (χ1v) is 5.55. The molecule has 0 aliphatic rings. The van der Waals surface area contributed by atoms with Gasteiger partial charge in [-0.15, -0.1) is 0 Å². The fourth-order valence-corrected chi connectivity index (χ4v) is 1.58. The van der Waals surface area contributed by atoms with E-state index in [0.717, 1.165) is 17.0 Å². The summed E-state index contributed by atoms with van der Waals surface area (Å²) in [6, 6.07) is 5.52. The molecule has 0 radical (unpaired) electrons. The van der Waals surface area contributed by atoms with Crippen LogP contribution in [0.4, 0.5) is 5.69 Å². The van der Waals surface area contributed by atoms with Crippen molar-refractivity contribution in [2.45, 2.75) is 32.7 Å². The van der Waals surface area contributed by atoms with E-state index in [2.05, 4.69) is 5.32 Å². The van der Waals surface area contributed by atoms with Crippen LogP contribution in [0.15, 0.2) is 18.2 Å². The van der Waals surface area contributed by atoms with Crippen LogP contribution in [-0.2, 0) is 4.79 Å². The van der Waals surface area contributed by atoms with Crippen LogP contribution >= 0.6 is 0 Å². The van der Waals surface area contributed by atoms with Gasteiger partial charge in [0.25, 0.3) is 0 Å². The monoisotopic (exact) mass is 236 g/mol. The highest BCUT2D eigenvalue weighted by atomic mass is 16.5. The van der Waals surface area contributed by atoms with E-state index < -0.39 is 5.54 Å². The zero-order valence-corrected chi connectivity index (χ0v) is 10.8. The molecule has 1 aromatic rings. The Kier molecular flexibility index (Phi) is 4.12. The van der Waals surface area contributed by atoms with Gasteiger partial charge in [0.1, 0.15) is 5.75 Å². The summed E-state index contributed by atoms with van der Waals surface area (Å²) in [6.45, 7) is 5.58. The van der Waals surface area contributed by atoms with Crippen LogP contribution in [0, 0.1) is 6.92 Å². The molecule has 0 saturated heterocycles. The van der Waals surface area contributed by atoms with E-state index in [9.17, 15) is 4.79 Å². The van der Waals surface area contributed by atoms with E-state index in [1.165, 1.54) is 0 Å². The standard InChI is InChI=1S/C13H20N2O2/c1-9-7-10(5-6-11(9)17-4)15-12(16)8-13(2,3)14/h5-7H,8,14H2,1-4H3,(H,15,16). The molecule has 0 aliphatic heterocycles. The van der Waals surface area contributed by atoms with Crippen LogP contribution in [0.5, 0.6) is 5.75 Å². The van der Waals surface area contributed by atoms with E-state index in [0.29, 0.717) is 0 Å². The van der Waals surface area contributed by atoms with Gasteiger partial charge in [-0.3, -0.25) is 4.79 Å². The summed E-state index contributed by atoms with van der Waals surface area (Å²) in [6.07, 6.45) is 0.290.